The molecule has 164 valence electrons. The van der Waals surface area contributed by atoms with E-state index in [-0.39, 0.29) is 17.3 Å². The SMILES string of the molecule is Cc1ccc(S(=O)(=O)CCC2(COS(=O)(=O)c3ccc(C)cc3)CSCSC2)cc1. The third kappa shape index (κ3) is 6.03. The van der Waals surface area contributed by atoms with Crippen molar-refractivity contribution in [1.29, 1.82) is 0 Å². The molecular weight excluding hydrogens is 460 g/mol. The van der Waals surface area contributed by atoms with Gasteiger partial charge < -0.3 is 0 Å². The zero-order valence-electron chi connectivity index (χ0n) is 17.0. The van der Waals surface area contributed by atoms with Crippen molar-refractivity contribution >= 4 is 43.5 Å². The van der Waals surface area contributed by atoms with E-state index in [4.69, 9.17) is 4.18 Å². The molecule has 2 aromatic carbocycles. The van der Waals surface area contributed by atoms with Gasteiger partial charge in [0, 0.05) is 22.0 Å². The molecule has 1 saturated heterocycles. The van der Waals surface area contributed by atoms with Crippen LogP contribution in [0.15, 0.2) is 58.3 Å². The van der Waals surface area contributed by atoms with Crippen molar-refractivity contribution in [3.63, 3.8) is 0 Å². The van der Waals surface area contributed by atoms with Crippen LogP contribution in [0.2, 0.25) is 0 Å². The van der Waals surface area contributed by atoms with E-state index in [1.165, 1.54) is 12.1 Å². The highest BCUT2D eigenvalue weighted by atomic mass is 32.2. The van der Waals surface area contributed by atoms with Gasteiger partial charge in [-0.25, -0.2) is 8.42 Å². The fourth-order valence-corrected chi connectivity index (χ4v) is 8.40. The maximum atomic E-state index is 12.8. The summed E-state index contributed by atoms with van der Waals surface area (Å²) in [5, 5.41) is 0.914. The predicted molar refractivity (Wildman–Crippen MR) is 124 cm³/mol. The number of hydrogen-bond donors (Lipinski definition) is 0. The Morgan fingerprint density at radius 3 is 1.87 bits per heavy atom. The van der Waals surface area contributed by atoms with Crippen LogP contribution in [0.4, 0.5) is 0 Å². The third-order valence-electron chi connectivity index (χ3n) is 5.09. The van der Waals surface area contributed by atoms with Crippen molar-refractivity contribution < 1.29 is 21.0 Å². The lowest BCUT2D eigenvalue weighted by atomic mass is 9.91. The molecule has 0 unspecified atom stereocenters. The molecule has 2 aromatic rings. The van der Waals surface area contributed by atoms with E-state index in [0.29, 0.717) is 22.8 Å². The minimum Gasteiger partial charge on any atom is -0.266 e. The van der Waals surface area contributed by atoms with Crippen molar-refractivity contribution in [2.75, 3.05) is 29.0 Å². The summed E-state index contributed by atoms with van der Waals surface area (Å²) in [5.74, 6) is 1.31. The van der Waals surface area contributed by atoms with Crippen molar-refractivity contribution in [1.82, 2.24) is 0 Å². The van der Waals surface area contributed by atoms with E-state index >= 15 is 0 Å². The number of rotatable bonds is 8. The third-order valence-corrected chi connectivity index (χ3v) is 11.1. The van der Waals surface area contributed by atoms with Gasteiger partial charge in [0.1, 0.15) is 0 Å². The van der Waals surface area contributed by atoms with Gasteiger partial charge in [-0.15, -0.1) is 0 Å². The number of thioether (sulfide) groups is 2. The zero-order chi connectivity index (χ0) is 21.8. The highest BCUT2D eigenvalue weighted by Gasteiger charge is 2.37. The van der Waals surface area contributed by atoms with Crippen LogP contribution >= 0.6 is 23.5 Å². The van der Waals surface area contributed by atoms with Gasteiger partial charge in [0.15, 0.2) is 9.84 Å². The Bertz CT molecular complexity index is 972. The summed E-state index contributed by atoms with van der Waals surface area (Å²) < 4.78 is 56.3. The molecule has 0 radical (unpaired) electrons. The fourth-order valence-electron chi connectivity index (χ4n) is 3.11. The van der Waals surface area contributed by atoms with E-state index in [1.54, 1.807) is 59.9 Å². The number of aryl methyl sites for hydroxylation is 2. The molecule has 0 aliphatic carbocycles. The van der Waals surface area contributed by atoms with Crippen molar-refractivity contribution in [3.8, 4) is 0 Å². The lowest BCUT2D eigenvalue weighted by Gasteiger charge is -2.35. The molecule has 0 amide bonds. The van der Waals surface area contributed by atoms with Crippen LogP contribution in [0.1, 0.15) is 17.5 Å². The fraction of sp³-hybridized carbons (Fsp3) is 0.429. The summed E-state index contributed by atoms with van der Waals surface area (Å²) in [5.41, 5.74) is 1.45. The largest absolute Gasteiger partial charge is 0.296 e. The van der Waals surface area contributed by atoms with E-state index in [2.05, 4.69) is 0 Å². The van der Waals surface area contributed by atoms with Gasteiger partial charge in [-0.05, 0) is 44.5 Å². The molecule has 0 bridgehead atoms. The summed E-state index contributed by atoms with van der Waals surface area (Å²) >= 11 is 3.38. The Hall–Kier alpha value is -1.000. The first kappa shape index (κ1) is 23.7. The first-order valence-corrected chi connectivity index (χ1v) is 14.9. The van der Waals surface area contributed by atoms with Crippen LogP contribution in [0.5, 0.6) is 0 Å². The summed E-state index contributed by atoms with van der Waals surface area (Å²) in [6, 6.07) is 13.3. The molecule has 0 saturated carbocycles. The molecule has 1 fully saturated rings. The van der Waals surface area contributed by atoms with E-state index in [0.717, 1.165) is 16.2 Å². The average Bonchev–Trinajstić information content (AvgIpc) is 2.73. The average molecular weight is 487 g/mol. The Morgan fingerprint density at radius 1 is 0.833 bits per heavy atom. The van der Waals surface area contributed by atoms with E-state index in [1.807, 2.05) is 13.8 Å². The zero-order valence-corrected chi connectivity index (χ0v) is 20.3. The first-order chi connectivity index (χ1) is 14.1. The van der Waals surface area contributed by atoms with Crippen LogP contribution in [-0.4, -0.2) is 45.8 Å². The maximum absolute atomic E-state index is 12.8. The monoisotopic (exact) mass is 486 g/mol. The lowest BCUT2D eigenvalue weighted by Crippen LogP contribution is -2.37. The van der Waals surface area contributed by atoms with Gasteiger partial charge in [-0.3, -0.25) is 4.18 Å². The summed E-state index contributed by atoms with van der Waals surface area (Å²) in [6.45, 7) is 3.78. The van der Waals surface area contributed by atoms with E-state index < -0.39 is 25.4 Å². The highest BCUT2D eigenvalue weighted by Crippen LogP contribution is 2.39. The molecule has 3 rings (SSSR count). The minimum atomic E-state index is -3.89. The predicted octanol–water partition coefficient (Wildman–Crippen LogP) is 4.30. The molecule has 1 heterocycles. The van der Waals surface area contributed by atoms with Crippen LogP contribution in [0, 0.1) is 19.3 Å². The molecule has 0 spiro atoms. The summed E-state index contributed by atoms with van der Waals surface area (Å²) in [6.07, 6.45) is 0.354. The number of benzene rings is 2. The van der Waals surface area contributed by atoms with Crippen LogP contribution in [0.25, 0.3) is 0 Å². The first-order valence-electron chi connectivity index (χ1n) is 9.53. The maximum Gasteiger partial charge on any atom is 0.296 e. The molecule has 5 nitrogen and oxygen atoms in total. The van der Waals surface area contributed by atoms with Gasteiger partial charge in [-0.1, -0.05) is 35.4 Å². The van der Waals surface area contributed by atoms with E-state index in [9.17, 15) is 16.8 Å². The van der Waals surface area contributed by atoms with Gasteiger partial charge in [0.05, 0.1) is 22.2 Å². The second kappa shape index (κ2) is 9.65. The Morgan fingerprint density at radius 2 is 1.33 bits per heavy atom. The number of hydrogen-bond acceptors (Lipinski definition) is 7. The Kier molecular flexibility index (Phi) is 7.61. The Balaban J connectivity index is 1.73. The minimum absolute atomic E-state index is 0.0212. The van der Waals surface area contributed by atoms with Crippen molar-refractivity contribution in [2.45, 2.75) is 30.1 Å². The second-order valence-electron chi connectivity index (χ2n) is 7.73. The molecule has 0 atom stereocenters. The molecule has 30 heavy (non-hydrogen) atoms. The summed E-state index contributed by atoms with van der Waals surface area (Å²) in [7, 11) is -7.34. The van der Waals surface area contributed by atoms with Crippen LogP contribution in [0.3, 0.4) is 0 Å². The normalized spacial score (nSPS) is 17.0. The quantitative estimate of drug-likeness (QED) is 0.515. The molecule has 0 aromatic heterocycles. The molecule has 9 heteroatoms. The standard InChI is InChI=1S/C21H26O5S4/c1-17-3-7-19(8-4-17)29(22,23)12-11-21(14-27-16-28-15-21)13-26-30(24,25)20-9-5-18(2)6-10-20/h3-10H,11-16H2,1-2H3. The van der Waals surface area contributed by atoms with Gasteiger partial charge in [-0.2, -0.15) is 31.9 Å². The summed E-state index contributed by atoms with van der Waals surface area (Å²) in [4.78, 5) is 0.416. The molecule has 1 aliphatic rings. The smallest absolute Gasteiger partial charge is 0.266 e. The second-order valence-corrected chi connectivity index (χ2v) is 13.8. The van der Waals surface area contributed by atoms with Crippen LogP contribution < -0.4 is 0 Å². The Labute approximate surface area is 188 Å². The van der Waals surface area contributed by atoms with Gasteiger partial charge >= 0.3 is 0 Å². The van der Waals surface area contributed by atoms with Gasteiger partial charge in [0.25, 0.3) is 10.1 Å². The van der Waals surface area contributed by atoms with Gasteiger partial charge in [0.2, 0.25) is 0 Å². The number of sulfone groups is 1. The van der Waals surface area contributed by atoms with Crippen LogP contribution in [-0.2, 0) is 24.1 Å². The van der Waals surface area contributed by atoms with Crippen molar-refractivity contribution in [2.24, 2.45) is 5.41 Å². The molecular formula is C21H26O5S4. The van der Waals surface area contributed by atoms with Crippen molar-refractivity contribution in [3.05, 3.63) is 59.7 Å². The molecule has 1 aliphatic heterocycles. The topological polar surface area (TPSA) is 77.5 Å². The highest BCUT2D eigenvalue weighted by molar-refractivity contribution is 8.16. The molecule has 0 N–H and O–H groups in total. The lowest BCUT2D eigenvalue weighted by molar-refractivity contribution is 0.190.